The first-order valence-electron chi connectivity index (χ1n) is 6.28. The van der Waals surface area contributed by atoms with Crippen LogP contribution in [0.5, 0.6) is 0 Å². The molecule has 102 valence electrons. The van der Waals surface area contributed by atoms with Crippen LogP contribution >= 0.6 is 0 Å². The molecular formula is C14H13FN4O. The number of hydrogen-bond acceptors (Lipinski definition) is 4. The third-order valence-electron chi connectivity index (χ3n) is 2.89. The van der Waals surface area contributed by atoms with E-state index in [1.165, 1.54) is 12.1 Å². The van der Waals surface area contributed by atoms with Gasteiger partial charge in [0.25, 0.3) is 0 Å². The molecule has 0 spiro atoms. The van der Waals surface area contributed by atoms with E-state index in [4.69, 9.17) is 4.52 Å². The predicted octanol–water partition coefficient (Wildman–Crippen LogP) is 2.62. The van der Waals surface area contributed by atoms with Gasteiger partial charge < -0.3 is 4.52 Å². The van der Waals surface area contributed by atoms with E-state index < -0.39 is 0 Å². The normalized spacial score (nSPS) is 10.9. The molecule has 0 fully saturated rings. The Balaban J connectivity index is 1.69. The highest BCUT2D eigenvalue weighted by atomic mass is 19.1. The average Bonchev–Trinajstić information content (AvgIpc) is 3.06. The molecule has 2 aromatic heterocycles. The molecular weight excluding hydrogens is 259 g/mol. The fourth-order valence-electron chi connectivity index (χ4n) is 1.87. The number of benzene rings is 1. The summed E-state index contributed by atoms with van der Waals surface area (Å²) in [6.45, 7) is 2.67. The van der Waals surface area contributed by atoms with Crippen LogP contribution in [-0.2, 0) is 13.0 Å². The van der Waals surface area contributed by atoms with Crippen LogP contribution in [0, 0.1) is 12.7 Å². The van der Waals surface area contributed by atoms with E-state index in [0.29, 0.717) is 24.7 Å². The first-order chi connectivity index (χ1) is 9.70. The number of aromatic nitrogens is 4. The van der Waals surface area contributed by atoms with Crippen molar-refractivity contribution in [3.8, 4) is 11.4 Å². The zero-order valence-corrected chi connectivity index (χ0v) is 11.0. The van der Waals surface area contributed by atoms with Crippen LogP contribution in [0.2, 0.25) is 0 Å². The molecule has 3 rings (SSSR count). The topological polar surface area (TPSA) is 56.7 Å². The van der Waals surface area contributed by atoms with Gasteiger partial charge in [-0.1, -0.05) is 5.16 Å². The van der Waals surface area contributed by atoms with Crippen LogP contribution in [0.1, 0.15) is 11.5 Å². The molecule has 5 nitrogen and oxygen atoms in total. The van der Waals surface area contributed by atoms with Gasteiger partial charge >= 0.3 is 0 Å². The molecule has 0 N–H and O–H groups in total. The van der Waals surface area contributed by atoms with Crippen LogP contribution in [-0.4, -0.2) is 19.9 Å². The maximum Gasteiger partial charge on any atom is 0.228 e. The molecule has 0 aliphatic carbocycles. The number of aryl methyl sites for hydroxylation is 3. The Kier molecular flexibility index (Phi) is 3.28. The maximum atomic E-state index is 12.8. The molecule has 0 amide bonds. The Morgan fingerprint density at radius 2 is 2.05 bits per heavy atom. The highest BCUT2D eigenvalue weighted by Gasteiger charge is 2.09. The van der Waals surface area contributed by atoms with E-state index in [9.17, 15) is 4.39 Å². The van der Waals surface area contributed by atoms with Crippen LogP contribution < -0.4 is 0 Å². The van der Waals surface area contributed by atoms with Crippen molar-refractivity contribution in [3.63, 3.8) is 0 Å². The monoisotopic (exact) mass is 272 g/mol. The quantitative estimate of drug-likeness (QED) is 0.732. The van der Waals surface area contributed by atoms with Crippen LogP contribution in [0.3, 0.4) is 0 Å². The van der Waals surface area contributed by atoms with Crippen molar-refractivity contribution in [3.05, 3.63) is 53.9 Å². The molecule has 20 heavy (non-hydrogen) atoms. The van der Waals surface area contributed by atoms with Gasteiger partial charge in [0.2, 0.25) is 11.7 Å². The summed E-state index contributed by atoms with van der Waals surface area (Å²) < 4.78 is 19.9. The Labute approximate surface area is 115 Å². The fourth-order valence-corrected chi connectivity index (χ4v) is 1.87. The van der Waals surface area contributed by atoms with Gasteiger partial charge in [-0.25, -0.2) is 4.39 Å². The lowest BCUT2D eigenvalue weighted by atomic mass is 10.2. The number of hydrogen-bond donors (Lipinski definition) is 0. The van der Waals surface area contributed by atoms with E-state index in [1.54, 1.807) is 18.3 Å². The van der Waals surface area contributed by atoms with E-state index in [2.05, 4.69) is 15.2 Å². The molecule has 0 bridgehead atoms. The summed E-state index contributed by atoms with van der Waals surface area (Å²) in [6.07, 6.45) is 4.37. The molecule has 3 aromatic rings. The molecule has 0 radical (unpaired) electrons. The summed E-state index contributed by atoms with van der Waals surface area (Å²) in [4.78, 5) is 4.29. The lowest BCUT2D eigenvalue weighted by molar-refractivity contribution is 0.369. The minimum absolute atomic E-state index is 0.286. The zero-order valence-electron chi connectivity index (χ0n) is 11.0. The Bertz CT molecular complexity index is 702. The molecule has 0 aliphatic rings. The highest BCUT2D eigenvalue weighted by molar-refractivity contribution is 5.53. The van der Waals surface area contributed by atoms with Crippen molar-refractivity contribution < 1.29 is 8.91 Å². The first kappa shape index (κ1) is 12.5. The lowest BCUT2D eigenvalue weighted by Crippen LogP contribution is -2.01. The van der Waals surface area contributed by atoms with Crippen molar-refractivity contribution in [2.75, 3.05) is 0 Å². The molecule has 2 heterocycles. The van der Waals surface area contributed by atoms with Gasteiger partial charge in [-0.3, -0.25) is 4.68 Å². The second-order valence-electron chi connectivity index (χ2n) is 4.55. The number of nitrogens with zero attached hydrogens (tertiary/aromatic N) is 4. The van der Waals surface area contributed by atoms with Gasteiger partial charge in [0.15, 0.2) is 0 Å². The van der Waals surface area contributed by atoms with Gasteiger partial charge in [0, 0.05) is 24.7 Å². The van der Waals surface area contributed by atoms with Crippen LogP contribution in [0.4, 0.5) is 4.39 Å². The van der Waals surface area contributed by atoms with Crippen molar-refractivity contribution in [1.29, 1.82) is 0 Å². The minimum Gasteiger partial charge on any atom is -0.339 e. The molecule has 0 aliphatic heterocycles. The molecule has 0 atom stereocenters. The summed E-state index contributed by atoms with van der Waals surface area (Å²) in [5.41, 5.74) is 1.85. The smallest absolute Gasteiger partial charge is 0.228 e. The summed E-state index contributed by atoms with van der Waals surface area (Å²) >= 11 is 0. The minimum atomic E-state index is -0.286. The molecule has 0 saturated carbocycles. The van der Waals surface area contributed by atoms with Crippen molar-refractivity contribution in [1.82, 2.24) is 19.9 Å². The number of rotatable bonds is 4. The largest absolute Gasteiger partial charge is 0.339 e. The van der Waals surface area contributed by atoms with Gasteiger partial charge in [-0.2, -0.15) is 10.1 Å². The second kappa shape index (κ2) is 5.24. The third-order valence-corrected chi connectivity index (χ3v) is 2.89. The lowest BCUT2D eigenvalue weighted by Gasteiger charge is -1.96. The summed E-state index contributed by atoms with van der Waals surface area (Å²) in [7, 11) is 0. The van der Waals surface area contributed by atoms with Crippen molar-refractivity contribution in [2.24, 2.45) is 0 Å². The van der Waals surface area contributed by atoms with Crippen molar-refractivity contribution >= 4 is 0 Å². The Morgan fingerprint density at radius 3 is 2.75 bits per heavy atom. The summed E-state index contributed by atoms with van der Waals surface area (Å²) in [5.74, 6) is 0.723. The Hall–Kier alpha value is -2.50. The van der Waals surface area contributed by atoms with Gasteiger partial charge in [0.05, 0.1) is 6.20 Å². The van der Waals surface area contributed by atoms with E-state index in [1.807, 2.05) is 17.8 Å². The fraction of sp³-hybridized carbons (Fsp3) is 0.214. The maximum absolute atomic E-state index is 12.8. The predicted molar refractivity (Wildman–Crippen MR) is 70.4 cm³/mol. The molecule has 6 heteroatoms. The third kappa shape index (κ3) is 2.74. The van der Waals surface area contributed by atoms with Crippen molar-refractivity contribution in [2.45, 2.75) is 19.9 Å². The van der Waals surface area contributed by atoms with Crippen LogP contribution in [0.15, 0.2) is 41.2 Å². The second-order valence-corrected chi connectivity index (χ2v) is 4.55. The van der Waals surface area contributed by atoms with E-state index >= 15 is 0 Å². The first-order valence-corrected chi connectivity index (χ1v) is 6.28. The van der Waals surface area contributed by atoms with Crippen LogP contribution in [0.25, 0.3) is 11.4 Å². The van der Waals surface area contributed by atoms with E-state index in [-0.39, 0.29) is 5.82 Å². The molecule has 1 aromatic carbocycles. The summed E-state index contributed by atoms with van der Waals surface area (Å²) in [6, 6.07) is 6.00. The Morgan fingerprint density at radius 1 is 1.25 bits per heavy atom. The van der Waals surface area contributed by atoms with Gasteiger partial charge in [-0.15, -0.1) is 0 Å². The standard InChI is InChI=1S/C14H13FN4O/c1-10-8-16-19(9-10)7-6-13-17-14(18-20-13)11-2-4-12(15)5-3-11/h2-5,8-9H,6-7H2,1H3. The summed E-state index contributed by atoms with van der Waals surface area (Å²) in [5, 5.41) is 8.09. The highest BCUT2D eigenvalue weighted by Crippen LogP contribution is 2.16. The zero-order chi connectivity index (χ0) is 13.9. The van der Waals surface area contributed by atoms with Gasteiger partial charge in [0.1, 0.15) is 5.82 Å². The molecule has 0 unspecified atom stereocenters. The average molecular weight is 272 g/mol. The van der Waals surface area contributed by atoms with Gasteiger partial charge in [-0.05, 0) is 36.8 Å². The number of halogens is 1. The SMILES string of the molecule is Cc1cnn(CCc2nc(-c3ccc(F)cc3)no2)c1. The molecule has 0 saturated heterocycles. The van der Waals surface area contributed by atoms with E-state index in [0.717, 1.165) is 11.1 Å².